The predicted molar refractivity (Wildman–Crippen MR) is 156 cm³/mol. The number of hydroxylamine groups is 4. The summed E-state index contributed by atoms with van der Waals surface area (Å²) in [6, 6.07) is 24.8. The molecule has 12 heteroatoms. The van der Waals surface area contributed by atoms with Crippen molar-refractivity contribution in [1.29, 1.82) is 0 Å². The molecule has 3 aromatic carbocycles. The predicted octanol–water partition coefficient (Wildman–Crippen LogP) is 3.27. The zero-order chi connectivity index (χ0) is 31.9. The fourth-order valence-electron chi connectivity index (χ4n) is 5.16. The molecule has 0 saturated carbocycles. The highest BCUT2D eigenvalue weighted by Gasteiger charge is 2.49. The molecule has 0 radical (unpaired) electrons. The minimum absolute atomic E-state index is 0.000905. The highest BCUT2D eigenvalue weighted by molar-refractivity contribution is 5.93. The molecule has 0 saturated heterocycles. The van der Waals surface area contributed by atoms with Gasteiger partial charge in [-0.3, -0.25) is 0 Å². The number of carbonyl (C=O) groups excluding carboxylic acids is 4. The zero-order valence-electron chi connectivity index (χ0n) is 24.2. The maximum absolute atomic E-state index is 12.9. The van der Waals surface area contributed by atoms with Gasteiger partial charge in [0.1, 0.15) is 23.4 Å². The van der Waals surface area contributed by atoms with E-state index in [4.69, 9.17) is 24.1 Å². The number of hydrogen-bond acceptors (Lipinski definition) is 12. The standard InChI is InChI=1S/C33H30N2O10/c1-41-27-14-12-26(13-15-27)33(40,25-10-6-3-7-11-25)21-20-32(22-24-8-4-2-5-9-24)23-34-42-28(36)16-18-30(38)44-35(32)45-31(39)19-17-29(37)43-34/h2-19,40H,20-23H2,1H3/b18-16-,19-17-. The molecule has 2 aliphatic rings. The summed E-state index contributed by atoms with van der Waals surface area (Å²) in [6.07, 6.45) is 2.96. The molecule has 3 aromatic rings. The Morgan fingerprint density at radius 1 is 0.711 bits per heavy atom. The summed E-state index contributed by atoms with van der Waals surface area (Å²) in [5.41, 5.74) is -1.50. The minimum Gasteiger partial charge on any atom is -0.497 e. The van der Waals surface area contributed by atoms with Crippen LogP contribution in [0.2, 0.25) is 0 Å². The van der Waals surface area contributed by atoms with Crippen molar-refractivity contribution >= 4 is 23.9 Å². The van der Waals surface area contributed by atoms with Crippen LogP contribution in [-0.4, -0.2) is 58.6 Å². The van der Waals surface area contributed by atoms with Gasteiger partial charge in [0.05, 0.1) is 7.11 Å². The van der Waals surface area contributed by atoms with Gasteiger partial charge in [0.2, 0.25) is 0 Å². The maximum atomic E-state index is 12.9. The molecular weight excluding hydrogens is 584 g/mol. The maximum Gasteiger partial charge on any atom is 0.353 e. The van der Waals surface area contributed by atoms with Crippen LogP contribution in [0.15, 0.2) is 109 Å². The number of methoxy groups -OCH3 is 1. The molecule has 0 fully saturated rings. The van der Waals surface area contributed by atoms with E-state index in [0.29, 0.717) is 27.7 Å². The average Bonchev–Trinajstić information content (AvgIpc) is 3.05. The van der Waals surface area contributed by atoms with Crippen LogP contribution in [0.25, 0.3) is 0 Å². The molecule has 2 aliphatic heterocycles. The number of ether oxygens (including phenoxy) is 1. The van der Waals surface area contributed by atoms with Crippen LogP contribution in [0.3, 0.4) is 0 Å². The van der Waals surface area contributed by atoms with Crippen molar-refractivity contribution in [3.05, 3.63) is 126 Å². The summed E-state index contributed by atoms with van der Waals surface area (Å²) in [5.74, 6) is -3.56. The number of benzene rings is 3. The third kappa shape index (κ3) is 7.44. The molecule has 2 atom stereocenters. The van der Waals surface area contributed by atoms with E-state index in [9.17, 15) is 24.3 Å². The number of nitrogens with zero attached hydrogens (tertiary/aromatic N) is 2. The molecule has 0 aliphatic carbocycles. The fraction of sp³-hybridized carbons (Fsp3) is 0.212. The van der Waals surface area contributed by atoms with E-state index in [-0.39, 0.29) is 19.3 Å². The van der Waals surface area contributed by atoms with E-state index in [0.717, 1.165) is 29.5 Å². The van der Waals surface area contributed by atoms with Crippen molar-refractivity contribution in [3.63, 3.8) is 0 Å². The van der Waals surface area contributed by atoms with E-state index in [1.54, 1.807) is 72.8 Å². The largest absolute Gasteiger partial charge is 0.497 e. The first-order valence-corrected chi connectivity index (χ1v) is 14.0. The lowest BCUT2D eigenvalue weighted by atomic mass is 9.77. The van der Waals surface area contributed by atoms with Gasteiger partial charge in [0.25, 0.3) is 0 Å². The lowest BCUT2D eigenvalue weighted by molar-refractivity contribution is -0.397. The highest BCUT2D eigenvalue weighted by atomic mass is 17.0. The normalized spacial score (nSPS) is 24.6. The number of carbonyl (C=O) groups is 4. The van der Waals surface area contributed by atoms with E-state index in [1.807, 2.05) is 12.1 Å². The van der Waals surface area contributed by atoms with Gasteiger partial charge in [-0.25, -0.2) is 19.2 Å². The van der Waals surface area contributed by atoms with Crippen LogP contribution >= 0.6 is 0 Å². The van der Waals surface area contributed by atoms with Crippen LogP contribution in [0.4, 0.5) is 0 Å². The van der Waals surface area contributed by atoms with Crippen LogP contribution in [0, 0.1) is 0 Å². The highest BCUT2D eigenvalue weighted by Crippen LogP contribution is 2.40. The molecule has 5 rings (SSSR count). The number of aliphatic hydroxyl groups is 1. The monoisotopic (exact) mass is 614 g/mol. The van der Waals surface area contributed by atoms with Crippen molar-refractivity contribution in [2.75, 3.05) is 13.7 Å². The van der Waals surface area contributed by atoms with E-state index in [2.05, 4.69) is 0 Å². The molecule has 0 amide bonds. The Bertz CT molecular complexity index is 1550. The van der Waals surface area contributed by atoms with Crippen LogP contribution in [-0.2, 0) is 50.6 Å². The Hall–Kier alpha value is -5.30. The molecular formula is C33H30N2O10. The second-order valence-electron chi connectivity index (χ2n) is 10.4. The van der Waals surface area contributed by atoms with E-state index < -0.39 is 41.6 Å². The van der Waals surface area contributed by atoms with Crippen LogP contribution in [0.1, 0.15) is 29.5 Å². The van der Waals surface area contributed by atoms with Gasteiger partial charge in [-0.15, -0.1) is 0 Å². The van der Waals surface area contributed by atoms with Crippen molar-refractivity contribution in [2.24, 2.45) is 0 Å². The smallest absolute Gasteiger partial charge is 0.353 e. The lowest BCUT2D eigenvalue weighted by Gasteiger charge is -2.43. The first-order valence-electron chi connectivity index (χ1n) is 14.0. The summed E-state index contributed by atoms with van der Waals surface area (Å²) >= 11 is 0. The second-order valence-corrected chi connectivity index (χ2v) is 10.4. The van der Waals surface area contributed by atoms with E-state index in [1.165, 1.54) is 7.11 Å². The summed E-state index contributed by atoms with van der Waals surface area (Å²) < 4.78 is 5.31. The Kier molecular flexibility index (Phi) is 9.38. The molecule has 1 N–H and O–H groups in total. The number of rotatable bonds is 8. The Balaban J connectivity index is 1.66. The SMILES string of the molecule is COc1ccc(C(O)(CCC2(Cc3ccccc3)CN3OC(=O)/C=C\C(=O)ON2OC(=O)/C=C\C(=O)O3)c2ccccc2)cc1. The Labute approximate surface area is 258 Å². The zero-order valence-corrected chi connectivity index (χ0v) is 24.2. The van der Waals surface area contributed by atoms with Crippen molar-refractivity contribution in [2.45, 2.75) is 30.4 Å². The quantitative estimate of drug-likeness (QED) is 0.398. The summed E-state index contributed by atoms with van der Waals surface area (Å²) in [5, 5.41) is 13.8. The summed E-state index contributed by atoms with van der Waals surface area (Å²) in [7, 11) is 1.53. The average molecular weight is 615 g/mol. The number of fused-ring (bicyclic) bond motifs is 3. The molecule has 232 valence electrons. The molecule has 2 bridgehead atoms. The van der Waals surface area contributed by atoms with Gasteiger partial charge in [-0.1, -0.05) is 72.8 Å². The van der Waals surface area contributed by atoms with Crippen molar-refractivity contribution < 1.29 is 48.4 Å². The topological polar surface area (TPSA) is 141 Å². The molecule has 45 heavy (non-hydrogen) atoms. The van der Waals surface area contributed by atoms with Gasteiger partial charge < -0.3 is 29.2 Å². The van der Waals surface area contributed by atoms with Gasteiger partial charge >= 0.3 is 23.9 Å². The first kappa shape index (κ1) is 31.1. The molecule has 0 spiro atoms. The van der Waals surface area contributed by atoms with Gasteiger partial charge in [0.15, 0.2) is 0 Å². The van der Waals surface area contributed by atoms with Gasteiger partial charge in [-0.2, -0.15) is 0 Å². The third-order valence-electron chi connectivity index (χ3n) is 7.40. The molecule has 12 nitrogen and oxygen atoms in total. The molecule has 2 unspecified atom stereocenters. The Morgan fingerprint density at radius 2 is 1.20 bits per heavy atom. The van der Waals surface area contributed by atoms with Crippen molar-refractivity contribution in [3.8, 4) is 5.75 Å². The summed E-state index contributed by atoms with van der Waals surface area (Å²) in [4.78, 5) is 72.5. The lowest BCUT2D eigenvalue weighted by Crippen LogP contribution is -2.59. The molecule has 2 heterocycles. The second kappa shape index (κ2) is 13.6. The van der Waals surface area contributed by atoms with E-state index >= 15 is 0 Å². The minimum atomic E-state index is -1.64. The third-order valence-corrected chi connectivity index (χ3v) is 7.40. The Morgan fingerprint density at radius 3 is 1.73 bits per heavy atom. The van der Waals surface area contributed by atoms with Crippen molar-refractivity contribution in [1.82, 2.24) is 10.5 Å². The number of hydrogen-bond donors (Lipinski definition) is 1. The van der Waals surface area contributed by atoms with Crippen LogP contribution in [0.5, 0.6) is 5.75 Å². The fourth-order valence-corrected chi connectivity index (χ4v) is 5.16. The molecule has 0 aromatic heterocycles. The van der Waals surface area contributed by atoms with Gasteiger partial charge in [-0.05, 0) is 48.1 Å². The summed E-state index contributed by atoms with van der Waals surface area (Å²) in [6.45, 7) is -0.477. The van der Waals surface area contributed by atoms with Crippen LogP contribution < -0.4 is 4.74 Å². The first-order chi connectivity index (χ1) is 21.7. The van der Waals surface area contributed by atoms with Gasteiger partial charge in [0, 0.05) is 34.8 Å².